The van der Waals surface area contributed by atoms with E-state index >= 15 is 0 Å². The summed E-state index contributed by atoms with van der Waals surface area (Å²) < 4.78 is 22.3. The van der Waals surface area contributed by atoms with Crippen molar-refractivity contribution in [2.75, 3.05) is 7.11 Å². The number of alkyl carbamates (subject to hydrolysis) is 1. The first-order chi connectivity index (χ1) is 13.2. The maximum Gasteiger partial charge on any atom is 0.494 e. The van der Waals surface area contributed by atoms with E-state index in [4.69, 9.17) is 18.8 Å². The molecule has 1 amide bonds. The van der Waals surface area contributed by atoms with E-state index in [-0.39, 0.29) is 6.42 Å². The van der Waals surface area contributed by atoms with Crippen molar-refractivity contribution < 1.29 is 28.4 Å². The van der Waals surface area contributed by atoms with Gasteiger partial charge in [-0.15, -0.1) is 0 Å². The Kier molecular flexibility index (Phi) is 6.70. The number of hydrogen-bond acceptors (Lipinski definition) is 6. The van der Waals surface area contributed by atoms with Gasteiger partial charge >= 0.3 is 19.2 Å². The third-order valence-electron chi connectivity index (χ3n) is 5.09. The van der Waals surface area contributed by atoms with Crippen molar-refractivity contribution in [1.29, 1.82) is 0 Å². The van der Waals surface area contributed by atoms with Gasteiger partial charge < -0.3 is 24.1 Å². The molecule has 2 rings (SSSR count). The van der Waals surface area contributed by atoms with Gasteiger partial charge in [-0.25, -0.2) is 9.59 Å². The molecule has 0 aliphatic carbocycles. The van der Waals surface area contributed by atoms with Crippen LogP contribution in [0.25, 0.3) is 0 Å². The normalized spacial score (nSPS) is 18.8. The Labute approximate surface area is 173 Å². The average molecular weight is 405 g/mol. The Balaban J connectivity index is 2.15. The average Bonchev–Trinajstić information content (AvgIpc) is 2.80. The summed E-state index contributed by atoms with van der Waals surface area (Å²) in [4.78, 5) is 24.3. The first-order valence-electron chi connectivity index (χ1n) is 9.76. The second kappa shape index (κ2) is 8.36. The summed E-state index contributed by atoms with van der Waals surface area (Å²) >= 11 is 0. The van der Waals surface area contributed by atoms with Crippen LogP contribution in [0.4, 0.5) is 4.79 Å². The molecule has 1 aliphatic rings. The number of carbonyl (C=O) groups is 2. The highest BCUT2D eigenvalue weighted by Gasteiger charge is 2.51. The SMILES string of the molecule is COC(=O)[C@H](Cc1cccc(B2OC(C)(C)C(C)(C)O2)c1)NC(=O)OC(C)(C)C. The summed E-state index contributed by atoms with van der Waals surface area (Å²) in [5.41, 5.74) is 0.133. The largest absolute Gasteiger partial charge is 0.494 e. The molecular weight excluding hydrogens is 373 g/mol. The third kappa shape index (κ3) is 5.96. The van der Waals surface area contributed by atoms with Crippen LogP contribution >= 0.6 is 0 Å². The van der Waals surface area contributed by atoms with Crippen LogP contribution in [-0.4, -0.2) is 49.1 Å². The lowest BCUT2D eigenvalue weighted by Crippen LogP contribution is -2.45. The zero-order valence-electron chi connectivity index (χ0n) is 18.6. The monoisotopic (exact) mass is 405 g/mol. The van der Waals surface area contributed by atoms with Crippen LogP contribution in [-0.2, 0) is 30.0 Å². The number of benzene rings is 1. The molecule has 0 spiro atoms. The molecule has 1 aliphatic heterocycles. The Morgan fingerprint density at radius 3 is 2.24 bits per heavy atom. The van der Waals surface area contributed by atoms with Crippen molar-refractivity contribution in [3.8, 4) is 0 Å². The van der Waals surface area contributed by atoms with E-state index in [0.717, 1.165) is 11.0 Å². The smallest absolute Gasteiger partial charge is 0.467 e. The fourth-order valence-corrected chi connectivity index (χ4v) is 2.87. The van der Waals surface area contributed by atoms with Gasteiger partial charge in [0.05, 0.1) is 18.3 Å². The van der Waals surface area contributed by atoms with Crippen LogP contribution < -0.4 is 10.8 Å². The second-order valence-corrected chi connectivity index (χ2v) is 9.26. The zero-order valence-corrected chi connectivity index (χ0v) is 18.6. The number of methoxy groups -OCH3 is 1. The van der Waals surface area contributed by atoms with Crippen LogP contribution in [0.3, 0.4) is 0 Å². The highest BCUT2D eigenvalue weighted by molar-refractivity contribution is 6.62. The van der Waals surface area contributed by atoms with E-state index in [2.05, 4.69) is 5.32 Å². The van der Waals surface area contributed by atoms with E-state index in [1.165, 1.54) is 7.11 Å². The van der Waals surface area contributed by atoms with Gasteiger partial charge in [-0.3, -0.25) is 0 Å². The predicted octanol–water partition coefficient (Wildman–Crippen LogP) is 2.59. The molecule has 0 radical (unpaired) electrons. The molecular formula is C21H32BNO6. The lowest BCUT2D eigenvalue weighted by molar-refractivity contribution is -0.143. The minimum atomic E-state index is -0.872. The molecule has 0 unspecified atom stereocenters. The molecule has 1 fully saturated rings. The molecule has 1 aromatic rings. The van der Waals surface area contributed by atoms with E-state index in [9.17, 15) is 9.59 Å². The van der Waals surface area contributed by atoms with Gasteiger partial charge in [-0.2, -0.15) is 0 Å². The molecule has 0 saturated carbocycles. The Bertz CT molecular complexity index is 740. The molecule has 1 atom stereocenters. The predicted molar refractivity (Wildman–Crippen MR) is 111 cm³/mol. The summed E-state index contributed by atoms with van der Waals surface area (Å²) in [5, 5.41) is 2.59. The van der Waals surface area contributed by atoms with E-state index < -0.39 is 42.0 Å². The Hall–Kier alpha value is -2.06. The Morgan fingerprint density at radius 2 is 1.72 bits per heavy atom. The number of nitrogens with one attached hydrogen (secondary N) is 1. The van der Waals surface area contributed by atoms with Crippen molar-refractivity contribution in [3.63, 3.8) is 0 Å². The van der Waals surface area contributed by atoms with E-state index in [0.29, 0.717) is 0 Å². The Morgan fingerprint density at radius 1 is 1.14 bits per heavy atom. The first kappa shape index (κ1) is 23.2. The lowest BCUT2D eigenvalue weighted by atomic mass is 9.78. The van der Waals surface area contributed by atoms with Crippen LogP contribution in [0.2, 0.25) is 0 Å². The first-order valence-corrected chi connectivity index (χ1v) is 9.76. The van der Waals surface area contributed by atoms with E-state index in [1.54, 1.807) is 20.8 Å². The number of esters is 1. The number of carbonyl (C=O) groups excluding carboxylic acids is 2. The summed E-state index contributed by atoms with van der Waals surface area (Å²) in [5.74, 6) is -0.545. The molecule has 1 heterocycles. The molecule has 7 nitrogen and oxygen atoms in total. The second-order valence-electron chi connectivity index (χ2n) is 9.26. The third-order valence-corrected chi connectivity index (χ3v) is 5.09. The quantitative estimate of drug-likeness (QED) is 0.599. The fraction of sp³-hybridized carbons (Fsp3) is 0.619. The number of hydrogen-bond donors (Lipinski definition) is 1. The molecule has 8 heteroatoms. The molecule has 29 heavy (non-hydrogen) atoms. The highest BCUT2D eigenvalue weighted by Crippen LogP contribution is 2.36. The van der Waals surface area contributed by atoms with Crippen LogP contribution in [0, 0.1) is 0 Å². The fourth-order valence-electron chi connectivity index (χ4n) is 2.87. The highest BCUT2D eigenvalue weighted by atomic mass is 16.7. The lowest BCUT2D eigenvalue weighted by Gasteiger charge is -2.32. The zero-order chi connectivity index (χ0) is 22.0. The van der Waals surface area contributed by atoms with Gasteiger partial charge in [0.15, 0.2) is 0 Å². The number of rotatable bonds is 5. The van der Waals surface area contributed by atoms with Crippen molar-refractivity contribution in [2.45, 2.75) is 77.7 Å². The summed E-state index contributed by atoms with van der Waals surface area (Å²) in [6.07, 6.45) is -0.422. The maximum atomic E-state index is 12.2. The molecule has 0 aromatic heterocycles. The molecule has 160 valence electrons. The molecule has 1 saturated heterocycles. The maximum absolute atomic E-state index is 12.2. The molecule has 1 aromatic carbocycles. The summed E-state index contributed by atoms with van der Waals surface area (Å²) in [6, 6.07) is 6.71. The van der Waals surface area contributed by atoms with Crippen molar-refractivity contribution in [2.24, 2.45) is 0 Å². The number of amides is 1. The van der Waals surface area contributed by atoms with Crippen LogP contribution in [0.15, 0.2) is 24.3 Å². The summed E-state index contributed by atoms with van der Waals surface area (Å²) in [7, 11) is 0.780. The number of ether oxygens (including phenoxy) is 2. The molecule has 0 bridgehead atoms. The van der Waals surface area contributed by atoms with E-state index in [1.807, 2.05) is 52.0 Å². The van der Waals surface area contributed by atoms with Gasteiger partial charge in [-0.1, -0.05) is 24.3 Å². The standard InChI is InChI=1S/C21H32BNO6/c1-19(2,3)27-18(25)23-16(17(24)26-8)13-14-10-9-11-15(12-14)22-28-20(4,5)21(6,7)29-22/h9-12,16H,13H2,1-8H3,(H,23,25)/t16-/m0/s1. The van der Waals surface area contributed by atoms with Gasteiger partial charge in [0.25, 0.3) is 0 Å². The van der Waals surface area contributed by atoms with Gasteiger partial charge in [0.1, 0.15) is 11.6 Å². The minimum absolute atomic E-state index is 0.249. The minimum Gasteiger partial charge on any atom is -0.467 e. The van der Waals surface area contributed by atoms with Crippen LogP contribution in [0.1, 0.15) is 54.0 Å². The topological polar surface area (TPSA) is 83.1 Å². The summed E-state index contributed by atoms with van der Waals surface area (Å²) in [6.45, 7) is 13.3. The van der Waals surface area contributed by atoms with Crippen molar-refractivity contribution in [1.82, 2.24) is 5.32 Å². The van der Waals surface area contributed by atoms with Gasteiger partial charge in [0.2, 0.25) is 0 Å². The van der Waals surface area contributed by atoms with Gasteiger partial charge in [-0.05, 0) is 59.5 Å². The van der Waals surface area contributed by atoms with Crippen molar-refractivity contribution in [3.05, 3.63) is 29.8 Å². The van der Waals surface area contributed by atoms with Crippen molar-refractivity contribution >= 4 is 24.6 Å². The van der Waals surface area contributed by atoms with Gasteiger partial charge in [0, 0.05) is 6.42 Å². The molecule has 1 N–H and O–H groups in total. The van der Waals surface area contributed by atoms with Crippen LogP contribution in [0.5, 0.6) is 0 Å².